The van der Waals surface area contributed by atoms with Crippen LogP contribution in [0.15, 0.2) is 53.4 Å². The molecule has 0 radical (unpaired) electrons. The smallest absolute Gasteiger partial charge is 0.355 e. The molecule has 8 nitrogen and oxygen atoms in total. The minimum absolute atomic E-state index is 0.0470. The van der Waals surface area contributed by atoms with Crippen LogP contribution in [0.5, 0.6) is 0 Å². The van der Waals surface area contributed by atoms with Gasteiger partial charge in [-0.05, 0) is 48.5 Å². The molecule has 2 aromatic rings. The quantitative estimate of drug-likeness (QED) is 0.654. The molecule has 1 aliphatic rings. The highest BCUT2D eigenvalue weighted by molar-refractivity contribution is 7.89. The molecule has 1 heterocycles. The van der Waals surface area contributed by atoms with Crippen molar-refractivity contribution in [2.24, 2.45) is 0 Å². The Kier molecular flexibility index (Phi) is 7.40. The van der Waals surface area contributed by atoms with Crippen molar-refractivity contribution in [3.8, 4) is 0 Å². The van der Waals surface area contributed by atoms with E-state index in [1.807, 2.05) is 0 Å². The van der Waals surface area contributed by atoms with Gasteiger partial charge in [0.05, 0.1) is 17.0 Å². The predicted molar refractivity (Wildman–Crippen MR) is 115 cm³/mol. The van der Waals surface area contributed by atoms with Crippen LogP contribution in [0.25, 0.3) is 0 Å². The standard InChI is InChI=1S/C21H23F3N4O4S/c1-25-20(30)15-2-6-17(7-3-15)26-19(29)14-27-10-12-28(13-11-27)33(31,32)18-8-4-16(5-9-18)21(22,23)24/h2-9H,10-14H2,1H3,(H,25,30)(H,26,29). The van der Waals surface area contributed by atoms with Gasteiger partial charge in [-0.25, -0.2) is 8.42 Å². The van der Waals surface area contributed by atoms with Crippen LogP contribution in [0.3, 0.4) is 0 Å². The van der Waals surface area contributed by atoms with Gasteiger partial charge >= 0.3 is 6.18 Å². The van der Waals surface area contributed by atoms with Gasteiger partial charge in [0.1, 0.15) is 0 Å². The van der Waals surface area contributed by atoms with Gasteiger partial charge in [0, 0.05) is 44.5 Å². The highest BCUT2D eigenvalue weighted by Gasteiger charge is 2.32. The highest BCUT2D eigenvalue weighted by atomic mass is 32.2. The van der Waals surface area contributed by atoms with Crippen molar-refractivity contribution in [2.75, 3.05) is 45.1 Å². The summed E-state index contributed by atoms with van der Waals surface area (Å²) >= 11 is 0. The summed E-state index contributed by atoms with van der Waals surface area (Å²) in [5, 5.41) is 5.23. The number of alkyl halides is 3. The third-order valence-electron chi connectivity index (χ3n) is 5.18. The lowest BCUT2D eigenvalue weighted by Crippen LogP contribution is -2.50. The maximum Gasteiger partial charge on any atom is 0.416 e. The topological polar surface area (TPSA) is 98.8 Å². The molecule has 3 rings (SSSR count). The molecule has 0 atom stereocenters. The second kappa shape index (κ2) is 9.89. The number of sulfonamides is 1. The Morgan fingerprint density at radius 3 is 2.03 bits per heavy atom. The fraction of sp³-hybridized carbons (Fsp3) is 0.333. The highest BCUT2D eigenvalue weighted by Crippen LogP contribution is 2.30. The number of hydrogen-bond acceptors (Lipinski definition) is 5. The number of hydrogen-bond donors (Lipinski definition) is 2. The lowest BCUT2D eigenvalue weighted by molar-refractivity contribution is -0.137. The van der Waals surface area contributed by atoms with Crippen LogP contribution in [-0.4, -0.2) is 69.2 Å². The lowest BCUT2D eigenvalue weighted by atomic mass is 10.2. The first-order valence-electron chi connectivity index (χ1n) is 10.0. The third-order valence-corrected chi connectivity index (χ3v) is 7.09. The van der Waals surface area contributed by atoms with E-state index in [0.717, 1.165) is 24.3 Å². The zero-order valence-electron chi connectivity index (χ0n) is 17.7. The first kappa shape index (κ1) is 24.7. The van der Waals surface area contributed by atoms with Crippen molar-refractivity contribution in [2.45, 2.75) is 11.1 Å². The Labute approximate surface area is 189 Å². The molecule has 33 heavy (non-hydrogen) atoms. The van der Waals surface area contributed by atoms with E-state index in [-0.39, 0.29) is 36.3 Å². The van der Waals surface area contributed by atoms with Crippen LogP contribution in [0.4, 0.5) is 18.9 Å². The van der Waals surface area contributed by atoms with Crippen molar-refractivity contribution < 1.29 is 31.2 Å². The second-order valence-electron chi connectivity index (χ2n) is 7.41. The maximum absolute atomic E-state index is 12.7. The molecule has 2 N–H and O–H groups in total. The van der Waals surface area contributed by atoms with Crippen molar-refractivity contribution in [3.05, 3.63) is 59.7 Å². The zero-order chi connectivity index (χ0) is 24.2. The summed E-state index contributed by atoms with van der Waals surface area (Å²) in [5.74, 6) is -0.529. The van der Waals surface area contributed by atoms with E-state index in [2.05, 4.69) is 10.6 Å². The van der Waals surface area contributed by atoms with Crippen molar-refractivity contribution in [1.29, 1.82) is 0 Å². The fourth-order valence-corrected chi connectivity index (χ4v) is 4.77. The minimum Gasteiger partial charge on any atom is -0.355 e. The van der Waals surface area contributed by atoms with Gasteiger partial charge in [0.25, 0.3) is 5.91 Å². The number of carbonyl (C=O) groups is 2. The average Bonchev–Trinajstić information content (AvgIpc) is 2.79. The van der Waals surface area contributed by atoms with Crippen molar-refractivity contribution in [1.82, 2.24) is 14.5 Å². The molecule has 0 aromatic heterocycles. The maximum atomic E-state index is 12.7. The van der Waals surface area contributed by atoms with E-state index in [9.17, 15) is 31.2 Å². The summed E-state index contributed by atoms with van der Waals surface area (Å²) in [6.07, 6.45) is -4.54. The predicted octanol–water partition coefficient (Wildman–Crippen LogP) is 2.01. The molecule has 2 aromatic carbocycles. The molecule has 0 aliphatic carbocycles. The van der Waals surface area contributed by atoms with Crippen LogP contribution in [0.1, 0.15) is 15.9 Å². The molecule has 0 spiro atoms. The van der Waals surface area contributed by atoms with E-state index in [0.29, 0.717) is 24.3 Å². The SMILES string of the molecule is CNC(=O)c1ccc(NC(=O)CN2CCN(S(=O)(=O)c3ccc(C(F)(F)F)cc3)CC2)cc1. The molecule has 0 bridgehead atoms. The first-order chi connectivity index (χ1) is 15.5. The largest absolute Gasteiger partial charge is 0.416 e. The van der Waals surface area contributed by atoms with E-state index in [4.69, 9.17) is 0 Å². The molecule has 2 amide bonds. The summed E-state index contributed by atoms with van der Waals surface area (Å²) in [4.78, 5) is 25.4. The van der Waals surface area contributed by atoms with Gasteiger partial charge < -0.3 is 10.6 Å². The third kappa shape index (κ3) is 6.09. The number of nitrogens with zero attached hydrogens (tertiary/aromatic N) is 2. The number of rotatable bonds is 6. The van der Waals surface area contributed by atoms with E-state index in [1.54, 1.807) is 29.2 Å². The molecule has 0 saturated carbocycles. The number of amides is 2. The summed E-state index contributed by atoms with van der Waals surface area (Å²) < 4.78 is 64.8. The Bertz CT molecular complexity index is 1100. The summed E-state index contributed by atoms with van der Waals surface area (Å²) in [6, 6.07) is 9.77. The summed E-state index contributed by atoms with van der Waals surface area (Å²) in [6.45, 7) is 0.853. The van der Waals surface area contributed by atoms with Gasteiger partial charge in [-0.1, -0.05) is 0 Å². The lowest BCUT2D eigenvalue weighted by Gasteiger charge is -2.33. The molecule has 1 fully saturated rings. The number of piperazine rings is 1. The second-order valence-corrected chi connectivity index (χ2v) is 9.34. The molecule has 1 saturated heterocycles. The van der Waals surface area contributed by atoms with Gasteiger partial charge in [-0.3, -0.25) is 14.5 Å². The molecule has 178 valence electrons. The molecule has 12 heteroatoms. The van der Waals surface area contributed by atoms with Crippen LogP contribution in [0.2, 0.25) is 0 Å². The normalized spacial score (nSPS) is 15.8. The number of anilines is 1. The van der Waals surface area contributed by atoms with Crippen LogP contribution in [0, 0.1) is 0 Å². The number of benzene rings is 2. The van der Waals surface area contributed by atoms with Gasteiger partial charge in [0.2, 0.25) is 15.9 Å². The van der Waals surface area contributed by atoms with E-state index < -0.39 is 21.8 Å². The monoisotopic (exact) mass is 484 g/mol. The Morgan fingerprint density at radius 2 is 1.52 bits per heavy atom. The molecule has 1 aliphatic heterocycles. The summed E-state index contributed by atoms with van der Waals surface area (Å²) in [7, 11) is -2.41. The van der Waals surface area contributed by atoms with Gasteiger partial charge in [-0.2, -0.15) is 17.5 Å². The van der Waals surface area contributed by atoms with E-state index >= 15 is 0 Å². The number of carbonyl (C=O) groups excluding carboxylic acids is 2. The van der Waals surface area contributed by atoms with Gasteiger partial charge in [-0.15, -0.1) is 0 Å². The van der Waals surface area contributed by atoms with Gasteiger partial charge in [0.15, 0.2) is 0 Å². The number of halogens is 3. The van der Waals surface area contributed by atoms with Crippen LogP contribution < -0.4 is 10.6 Å². The Hall–Kier alpha value is -2.96. The van der Waals surface area contributed by atoms with E-state index in [1.165, 1.54) is 11.4 Å². The Balaban J connectivity index is 1.52. The minimum atomic E-state index is -4.54. The Morgan fingerprint density at radius 1 is 0.939 bits per heavy atom. The van der Waals surface area contributed by atoms with Crippen molar-refractivity contribution >= 4 is 27.5 Å². The van der Waals surface area contributed by atoms with Crippen molar-refractivity contribution in [3.63, 3.8) is 0 Å². The molecular weight excluding hydrogens is 461 g/mol. The molecular formula is C21H23F3N4O4S. The average molecular weight is 485 g/mol. The summed E-state index contributed by atoms with van der Waals surface area (Å²) in [5.41, 5.74) is 0.0672. The number of nitrogens with one attached hydrogen (secondary N) is 2. The zero-order valence-corrected chi connectivity index (χ0v) is 18.5. The molecule has 0 unspecified atom stereocenters. The van der Waals surface area contributed by atoms with Crippen LogP contribution >= 0.6 is 0 Å². The first-order valence-corrected chi connectivity index (χ1v) is 11.5. The fourth-order valence-electron chi connectivity index (χ4n) is 3.35. The van der Waals surface area contributed by atoms with Crippen LogP contribution in [-0.2, 0) is 21.0 Å².